The van der Waals surface area contributed by atoms with Crippen LogP contribution in [0, 0.1) is 13.8 Å². The van der Waals surface area contributed by atoms with E-state index in [0.717, 1.165) is 48.7 Å². The van der Waals surface area contributed by atoms with Crippen molar-refractivity contribution < 1.29 is 14.1 Å². The molecule has 0 atom stereocenters. The van der Waals surface area contributed by atoms with Gasteiger partial charge >= 0.3 is 0 Å². The van der Waals surface area contributed by atoms with Gasteiger partial charge in [-0.25, -0.2) is 0 Å². The van der Waals surface area contributed by atoms with E-state index in [2.05, 4.69) is 40.6 Å². The summed E-state index contributed by atoms with van der Waals surface area (Å²) in [6.07, 6.45) is 4.09. The molecule has 0 spiro atoms. The van der Waals surface area contributed by atoms with Crippen LogP contribution in [0.1, 0.15) is 51.7 Å². The average Bonchev–Trinajstić information content (AvgIpc) is 3.40. The maximum Gasteiger partial charge on any atom is 0.253 e. The van der Waals surface area contributed by atoms with Gasteiger partial charge in [0.2, 0.25) is 0 Å². The second kappa shape index (κ2) is 8.54. The summed E-state index contributed by atoms with van der Waals surface area (Å²) in [5.41, 5.74) is 5.04. The molecule has 164 valence electrons. The molecule has 3 heterocycles. The number of nitrogens with zero attached hydrogens (tertiary/aromatic N) is 2. The molecule has 32 heavy (non-hydrogen) atoms. The van der Waals surface area contributed by atoms with Gasteiger partial charge in [0.15, 0.2) is 0 Å². The highest BCUT2D eigenvalue weighted by Crippen LogP contribution is 2.33. The third-order valence-electron chi connectivity index (χ3n) is 6.51. The molecule has 1 amide bonds. The minimum atomic E-state index is 0.0830. The number of hydrogen-bond donors (Lipinski definition) is 1. The van der Waals surface area contributed by atoms with E-state index in [9.17, 15) is 4.79 Å². The molecule has 2 aromatic carbocycles. The van der Waals surface area contributed by atoms with Gasteiger partial charge < -0.3 is 19.1 Å². The Balaban J connectivity index is 1.19. The van der Waals surface area contributed by atoms with Crippen molar-refractivity contribution in [2.75, 3.05) is 13.1 Å². The van der Waals surface area contributed by atoms with E-state index < -0.39 is 0 Å². The summed E-state index contributed by atoms with van der Waals surface area (Å²) >= 11 is 0. The molecule has 0 radical (unpaired) electrons. The van der Waals surface area contributed by atoms with E-state index in [1.165, 1.54) is 16.5 Å². The van der Waals surface area contributed by atoms with Crippen molar-refractivity contribution in [2.45, 2.75) is 39.2 Å². The number of carbonyl (C=O) groups excluding carboxylic acids is 1. The molecule has 0 aliphatic carbocycles. The molecule has 4 aromatic rings. The van der Waals surface area contributed by atoms with Crippen LogP contribution < -0.4 is 4.74 Å². The number of para-hydroxylation sites is 1. The number of H-pyrrole nitrogens is 1. The molecule has 1 fully saturated rings. The van der Waals surface area contributed by atoms with Crippen molar-refractivity contribution in [1.82, 2.24) is 15.0 Å². The number of aromatic amines is 1. The Labute approximate surface area is 187 Å². The van der Waals surface area contributed by atoms with Crippen LogP contribution in [0.3, 0.4) is 0 Å². The number of fused-ring (bicyclic) bond motifs is 1. The first-order valence-electron chi connectivity index (χ1n) is 11.1. The molecular formula is C26H27N3O3. The number of aromatic nitrogens is 2. The number of likely N-dealkylation sites (tertiary alicyclic amines) is 1. The molecule has 6 heteroatoms. The van der Waals surface area contributed by atoms with Crippen LogP contribution >= 0.6 is 0 Å². The number of aryl methyl sites for hydroxylation is 2. The Morgan fingerprint density at radius 3 is 2.59 bits per heavy atom. The van der Waals surface area contributed by atoms with Crippen molar-refractivity contribution in [3.8, 4) is 5.75 Å². The van der Waals surface area contributed by atoms with E-state index in [-0.39, 0.29) is 5.91 Å². The van der Waals surface area contributed by atoms with Gasteiger partial charge in [0.1, 0.15) is 18.1 Å². The largest absolute Gasteiger partial charge is 0.489 e. The molecule has 1 aliphatic heterocycles. The van der Waals surface area contributed by atoms with Crippen LogP contribution in [0.5, 0.6) is 5.75 Å². The van der Waals surface area contributed by atoms with Crippen LogP contribution in [0.4, 0.5) is 0 Å². The zero-order chi connectivity index (χ0) is 22.1. The van der Waals surface area contributed by atoms with Crippen molar-refractivity contribution in [3.63, 3.8) is 0 Å². The molecule has 0 saturated carbocycles. The lowest BCUT2D eigenvalue weighted by molar-refractivity contribution is 0.0713. The molecule has 5 rings (SSSR count). The van der Waals surface area contributed by atoms with Crippen molar-refractivity contribution in [2.24, 2.45) is 0 Å². The Hall–Kier alpha value is -3.54. The third-order valence-corrected chi connectivity index (χ3v) is 6.51. The van der Waals surface area contributed by atoms with Gasteiger partial charge in [0.25, 0.3) is 5.91 Å². The lowest BCUT2D eigenvalue weighted by Gasteiger charge is -2.32. The predicted octanol–water partition coefficient (Wildman–Crippen LogP) is 5.37. The topological polar surface area (TPSA) is 71.4 Å². The maximum atomic E-state index is 13.0. The smallest absolute Gasteiger partial charge is 0.253 e. The molecule has 1 aliphatic rings. The highest BCUT2D eigenvalue weighted by atomic mass is 16.5. The summed E-state index contributed by atoms with van der Waals surface area (Å²) in [6, 6.07) is 15.8. The second-order valence-electron chi connectivity index (χ2n) is 8.47. The molecule has 1 saturated heterocycles. The number of ether oxygens (including phenoxy) is 1. The SMILES string of the molecule is Cc1noc(C)c1COc1ccc(C(=O)N2CCC(c3c[nH]c4ccccc34)CC2)cc1. The standard InChI is InChI=1S/C26H27N3O3/c1-17-24(18(2)32-28-17)16-31-21-9-7-20(8-10-21)26(30)29-13-11-19(12-14-29)23-15-27-25-6-4-3-5-22(23)25/h3-10,15,19,27H,11-14,16H2,1-2H3. The Morgan fingerprint density at radius 1 is 1.12 bits per heavy atom. The van der Waals surface area contributed by atoms with Crippen LogP contribution in [-0.2, 0) is 6.61 Å². The van der Waals surface area contributed by atoms with Gasteiger partial charge in [-0.3, -0.25) is 4.79 Å². The van der Waals surface area contributed by atoms with Crippen LogP contribution in [-0.4, -0.2) is 34.0 Å². The number of piperidine rings is 1. The molecule has 0 unspecified atom stereocenters. The predicted molar refractivity (Wildman–Crippen MR) is 123 cm³/mol. The fourth-order valence-electron chi connectivity index (χ4n) is 4.57. The summed E-state index contributed by atoms with van der Waals surface area (Å²) in [5.74, 6) is 2.06. The van der Waals surface area contributed by atoms with Crippen LogP contribution in [0.2, 0.25) is 0 Å². The second-order valence-corrected chi connectivity index (χ2v) is 8.47. The van der Waals surface area contributed by atoms with E-state index in [1.54, 1.807) is 0 Å². The minimum absolute atomic E-state index is 0.0830. The van der Waals surface area contributed by atoms with Crippen molar-refractivity contribution in [3.05, 3.63) is 82.9 Å². The number of rotatable bonds is 5. The first-order chi connectivity index (χ1) is 15.6. The maximum absolute atomic E-state index is 13.0. The number of hydrogen-bond acceptors (Lipinski definition) is 4. The van der Waals surface area contributed by atoms with Crippen LogP contribution in [0.15, 0.2) is 59.3 Å². The lowest BCUT2D eigenvalue weighted by atomic mass is 9.89. The highest BCUT2D eigenvalue weighted by molar-refractivity contribution is 5.94. The van der Waals surface area contributed by atoms with Gasteiger partial charge in [-0.15, -0.1) is 0 Å². The monoisotopic (exact) mass is 429 g/mol. The number of carbonyl (C=O) groups is 1. The van der Waals surface area contributed by atoms with Gasteiger partial charge in [0, 0.05) is 35.8 Å². The summed E-state index contributed by atoms with van der Waals surface area (Å²) in [5, 5.41) is 5.24. The van der Waals surface area contributed by atoms with E-state index >= 15 is 0 Å². The Kier molecular flexibility index (Phi) is 5.43. The molecule has 6 nitrogen and oxygen atoms in total. The Bertz CT molecular complexity index is 1210. The van der Waals surface area contributed by atoms with E-state index in [0.29, 0.717) is 18.1 Å². The number of benzene rings is 2. The zero-order valence-electron chi connectivity index (χ0n) is 18.4. The first kappa shape index (κ1) is 20.4. The van der Waals surface area contributed by atoms with Gasteiger partial charge in [-0.1, -0.05) is 23.4 Å². The van der Waals surface area contributed by atoms with E-state index in [4.69, 9.17) is 9.26 Å². The molecule has 0 bridgehead atoms. The van der Waals surface area contributed by atoms with Gasteiger partial charge in [-0.2, -0.15) is 0 Å². The van der Waals surface area contributed by atoms with Crippen LogP contribution in [0.25, 0.3) is 10.9 Å². The average molecular weight is 430 g/mol. The Morgan fingerprint density at radius 2 is 1.88 bits per heavy atom. The summed E-state index contributed by atoms with van der Waals surface area (Å²) in [6.45, 7) is 5.72. The van der Waals surface area contributed by atoms with Gasteiger partial charge in [0.05, 0.1) is 11.3 Å². The summed E-state index contributed by atoms with van der Waals surface area (Å²) in [4.78, 5) is 18.3. The van der Waals surface area contributed by atoms with Gasteiger partial charge in [-0.05, 0) is 68.5 Å². The minimum Gasteiger partial charge on any atom is -0.489 e. The molecule has 1 N–H and O–H groups in total. The fourth-order valence-corrected chi connectivity index (χ4v) is 4.57. The van der Waals surface area contributed by atoms with Crippen molar-refractivity contribution >= 4 is 16.8 Å². The normalized spacial score (nSPS) is 14.8. The first-order valence-corrected chi connectivity index (χ1v) is 11.1. The summed E-state index contributed by atoms with van der Waals surface area (Å²) < 4.78 is 11.0. The quantitative estimate of drug-likeness (QED) is 0.463. The number of amides is 1. The number of nitrogens with one attached hydrogen (secondary N) is 1. The summed E-state index contributed by atoms with van der Waals surface area (Å²) in [7, 11) is 0. The fraction of sp³-hybridized carbons (Fsp3) is 0.308. The lowest BCUT2D eigenvalue weighted by Crippen LogP contribution is -2.37. The highest BCUT2D eigenvalue weighted by Gasteiger charge is 2.26. The molecule has 2 aromatic heterocycles. The third kappa shape index (κ3) is 3.88. The molecular weight excluding hydrogens is 402 g/mol. The van der Waals surface area contributed by atoms with E-state index in [1.807, 2.05) is 43.0 Å². The zero-order valence-corrected chi connectivity index (χ0v) is 18.4. The van der Waals surface area contributed by atoms with Crippen molar-refractivity contribution in [1.29, 1.82) is 0 Å².